The van der Waals surface area contributed by atoms with Crippen LogP contribution in [0.2, 0.25) is 5.02 Å². The third-order valence-corrected chi connectivity index (χ3v) is 7.66. The average molecular weight is 598 g/mol. The molecule has 7 nitrogen and oxygen atoms in total. The van der Waals surface area contributed by atoms with Crippen molar-refractivity contribution in [3.05, 3.63) is 124 Å². The third kappa shape index (κ3) is 7.40. The standard InChI is InChI=1S/C33H28ClN3O4S/c1-40-29-20-24(16-17-28(29)41-22-31(38)36-27-15-9-8-14-26(27)34)21-30-32(39)37(19-18-23-10-4-2-5-11-23)33(42-30)35-25-12-6-3-7-13-25/h2-17,20-21H,18-19,22H2,1H3,(H,36,38)/b30-21+,35-33?. The Morgan fingerprint density at radius 3 is 2.40 bits per heavy atom. The van der Waals surface area contributed by atoms with Crippen LogP contribution in [0.3, 0.4) is 0 Å². The molecule has 0 saturated carbocycles. The number of amides is 2. The van der Waals surface area contributed by atoms with Crippen LogP contribution in [-0.2, 0) is 16.0 Å². The van der Waals surface area contributed by atoms with Crippen molar-refractivity contribution in [2.45, 2.75) is 6.42 Å². The van der Waals surface area contributed by atoms with Crippen LogP contribution in [0.1, 0.15) is 11.1 Å². The number of thioether (sulfide) groups is 1. The van der Waals surface area contributed by atoms with E-state index in [-0.39, 0.29) is 18.4 Å². The molecule has 5 rings (SSSR count). The minimum absolute atomic E-state index is 0.110. The first-order valence-corrected chi connectivity index (χ1v) is 14.4. The molecule has 0 radical (unpaired) electrons. The molecular formula is C33H28ClN3O4S. The largest absolute Gasteiger partial charge is 0.493 e. The number of anilines is 1. The monoisotopic (exact) mass is 597 g/mol. The number of ether oxygens (including phenoxy) is 2. The van der Waals surface area contributed by atoms with Crippen LogP contribution in [0.5, 0.6) is 11.5 Å². The number of aliphatic imine (C=N–C) groups is 1. The number of hydrogen-bond donors (Lipinski definition) is 1. The first-order chi connectivity index (χ1) is 20.5. The summed E-state index contributed by atoms with van der Waals surface area (Å²) in [4.78, 5) is 33.0. The number of amidine groups is 1. The van der Waals surface area contributed by atoms with Gasteiger partial charge in [0.2, 0.25) is 0 Å². The molecule has 1 saturated heterocycles. The van der Waals surface area contributed by atoms with E-state index < -0.39 is 0 Å². The fraction of sp³-hybridized carbons (Fsp3) is 0.121. The molecule has 1 aliphatic heterocycles. The second-order valence-corrected chi connectivity index (χ2v) is 10.7. The Labute approximate surface area is 253 Å². The number of carbonyl (C=O) groups excluding carboxylic acids is 2. The number of methoxy groups -OCH3 is 1. The van der Waals surface area contributed by atoms with Gasteiger partial charge in [0.1, 0.15) is 0 Å². The molecule has 0 aromatic heterocycles. The summed E-state index contributed by atoms with van der Waals surface area (Å²) in [5.74, 6) is 0.367. The molecule has 0 unspecified atom stereocenters. The summed E-state index contributed by atoms with van der Waals surface area (Å²) >= 11 is 7.45. The lowest BCUT2D eigenvalue weighted by molar-refractivity contribution is -0.122. The molecular weight excluding hydrogens is 570 g/mol. The quantitative estimate of drug-likeness (QED) is 0.195. The Bertz CT molecular complexity index is 1630. The lowest BCUT2D eigenvalue weighted by Crippen LogP contribution is -2.31. The maximum absolute atomic E-state index is 13.6. The Morgan fingerprint density at radius 2 is 1.67 bits per heavy atom. The SMILES string of the molecule is COc1cc(/C=C2/SC(=Nc3ccccc3)N(CCc3ccccc3)C2=O)ccc1OCC(=O)Nc1ccccc1Cl. The van der Waals surface area contributed by atoms with Gasteiger partial charge in [-0.1, -0.05) is 78.3 Å². The number of nitrogens with zero attached hydrogens (tertiary/aromatic N) is 2. The van der Waals surface area contributed by atoms with Gasteiger partial charge in [-0.25, -0.2) is 4.99 Å². The molecule has 2 amide bonds. The lowest BCUT2D eigenvalue weighted by atomic mass is 10.1. The molecule has 9 heteroatoms. The van der Waals surface area contributed by atoms with Gasteiger partial charge in [-0.2, -0.15) is 0 Å². The first kappa shape index (κ1) is 29.0. The van der Waals surface area contributed by atoms with Crippen molar-refractivity contribution >= 4 is 57.8 Å². The smallest absolute Gasteiger partial charge is 0.266 e. The molecule has 4 aromatic rings. The molecule has 1 fully saturated rings. The predicted octanol–water partition coefficient (Wildman–Crippen LogP) is 7.21. The van der Waals surface area contributed by atoms with Gasteiger partial charge < -0.3 is 14.8 Å². The van der Waals surface area contributed by atoms with Crippen LogP contribution in [0.4, 0.5) is 11.4 Å². The van der Waals surface area contributed by atoms with E-state index in [9.17, 15) is 9.59 Å². The summed E-state index contributed by atoms with van der Waals surface area (Å²) in [6.07, 6.45) is 2.52. The van der Waals surface area contributed by atoms with E-state index >= 15 is 0 Å². The summed E-state index contributed by atoms with van der Waals surface area (Å²) in [7, 11) is 1.52. The summed E-state index contributed by atoms with van der Waals surface area (Å²) < 4.78 is 11.2. The number of benzene rings is 4. The van der Waals surface area contributed by atoms with E-state index in [4.69, 9.17) is 26.1 Å². The Hall–Kier alpha value is -4.53. The van der Waals surface area contributed by atoms with E-state index in [0.29, 0.717) is 45.2 Å². The number of carbonyl (C=O) groups is 2. The van der Waals surface area contributed by atoms with Gasteiger partial charge >= 0.3 is 0 Å². The second-order valence-electron chi connectivity index (χ2n) is 9.26. The Morgan fingerprint density at radius 1 is 0.952 bits per heavy atom. The molecule has 42 heavy (non-hydrogen) atoms. The maximum Gasteiger partial charge on any atom is 0.266 e. The van der Waals surface area contributed by atoms with Crippen molar-refractivity contribution in [1.29, 1.82) is 0 Å². The van der Waals surface area contributed by atoms with E-state index in [0.717, 1.165) is 16.8 Å². The zero-order valence-electron chi connectivity index (χ0n) is 22.8. The van der Waals surface area contributed by atoms with Gasteiger partial charge in [0.05, 0.1) is 28.4 Å². The molecule has 1 N–H and O–H groups in total. The normalized spacial score (nSPS) is 14.8. The van der Waals surface area contributed by atoms with Gasteiger partial charge in [0, 0.05) is 6.54 Å². The minimum Gasteiger partial charge on any atom is -0.493 e. The molecule has 0 bridgehead atoms. The Kier molecular flexibility index (Phi) is 9.59. The average Bonchev–Trinajstić information content (AvgIpc) is 3.30. The van der Waals surface area contributed by atoms with Crippen LogP contribution in [0, 0.1) is 0 Å². The van der Waals surface area contributed by atoms with Crippen LogP contribution in [0.15, 0.2) is 113 Å². The fourth-order valence-corrected chi connectivity index (χ4v) is 5.43. The van der Waals surface area contributed by atoms with E-state index in [2.05, 4.69) is 17.4 Å². The van der Waals surface area contributed by atoms with Crippen LogP contribution in [-0.4, -0.2) is 42.1 Å². The fourth-order valence-electron chi connectivity index (χ4n) is 4.22. The summed E-state index contributed by atoms with van der Waals surface area (Å²) in [6.45, 7) is 0.275. The van der Waals surface area contributed by atoms with Gasteiger partial charge in [-0.05, 0) is 71.8 Å². The number of para-hydroxylation sites is 2. The van der Waals surface area contributed by atoms with E-state index in [1.165, 1.54) is 18.9 Å². The highest BCUT2D eigenvalue weighted by molar-refractivity contribution is 8.18. The predicted molar refractivity (Wildman–Crippen MR) is 170 cm³/mol. The number of halogens is 1. The highest BCUT2D eigenvalue weighted by atomic mass is 35.5. The van der Waals surface area contributed by atoms with E-state index in [1.54, 1.807) is 41.3 Å². The van der Waals surface area contributed by atoms with Gasteiger partial charge in [-0.3, -0.25) is 14.5 Å². The van der Waals surface area contributed by atoms with Crippen molar-refractivity contribution in [2.75, 3.05) is 25.6 Å². The molecule has 0 aliphatic carbocycles. The molecule has 212 valence electrons. The van der Waals surface area contributed by atoms with Crippen molar-refractivity contribution in [3.63, 3.8) is 0 Å². The molecule has 0 atom stereocenters. The number of rotatable bonds is 10. The topological polar surface area (TPSA) is 80.2 Å². The zero-order valence-corrected chi connectivity index (χ0v) is 24.4. The number of hydrogen-bond acceptors (Lipinski definition) is 6. The molecule has 0 spiro atoms. The van der Waals surface area contributed by atoms with E-state index in [1.807, 2.05) is 60.7 Å². The van der Waals surface area contributed by atoms with Crippen molar-refractivity contribution in [1.82, 2.24) is 4.90 Å². The summed E-state index contributed by atoms with van der Waals surface area (Å²) in [6, 6.07) is 31.9. The summed E-state index contributed by atoms with van der Waals surface area (Å²) in [5, 5.41) is 3.80. The van der Waals surface area contributed by atoms with Gasteiger partial charge in [-0.15, -0.1) is 0 Å². The maximum atomic E-state index is 13.6. The van der Waals surface area contributed by atoms with Crippen LogP contribution in [0.25, 0.3) is 6.08 Å². The minimum atomic E-state index is -0.356. The van der Waals surface area contributed by atoms with Crippen LogP contribution >= 0.6 is 23.4 Å². The number of nitrogens with one attached hydrogen (secondary N) is 1. The highest BCUT2D eigenvalue weighted by Crippen LogP contribution is 2.36. The molecule has 4 aromatic carbocycles. The second kappa shape index (κ2) is 13.9. The van der Waals surface area contributed by atoms with Gasteiger partial charge in [0.25, 0.3) is 11.8 Å². The first-order valence-electron chi connectivity index (χ1n) is 13.2. The Balaban J connectivity index is 1.32. The van der Waals surface area contributed by atoms with Crippen molar-refractivity contribution in [3.8, 4) is 11.5 Å². The molecule has 1 heterocycles. The van der Waals surface area contributed by atoms with Gasteiger partial charge in [0.15, 0.2) is 23.3 Å². The van der Waals surface area contributed by atoms with Crippen molar-refractivity contribution < 1.29 is 19.1 Å². The van der Waals surface area contributed by atoms with Crippen LogP contribution < -0.4 is 14.8 Å². The summed E-state index contributed by atoms with van der Waals surface area (Å²) in [5.41, 5.74) is 3.18. The lowest BCUT2D eigenvalue weighted by Gasteiger charge is -2.15. The third-order valence-electron chi connectivity index (χ3n) is 6.33. The molecule has 1 aliphatic rings. The zero-order chi connectivity index (χ0) is 29.3. The van der Waals surface area contributed by atoms with Crippen molar-refractivity contribution in [2.24, 2.45) is 4.99 Å². The highest BCUT2D eigenvalue weighted by Gasteiger charge is 2.33.